The predicted molar refractivity (Wildman–Crippen MR) is 149 cm³/mol. The first kappa shape index (κ1) is 27.1. The normalized spacial score (nSPS) is 18.9. The largest absolute Gasteiger partial charge is 0.511 e. The van der Waals surface area contributed by atoms with Crippen LogP contribution in [0, 0.1) is 13.8 Å². The fraction of sp³-hybridized carbons (Fsp3) is 0.400. The first-order valence-corrected chi connectivity index (χ1v) is 13.9. The quantitative estimate of drug-likeness (QED) is 0.224. The summed E-state index contributed by atoms with van der Waals surface area (Å²) in [7, 11) is 0. The lowest BCUT2D eigenvalue weighted by Gasteiger charge is -2.49. The summed E-state index contributed by atoms with van der Waals surface area (Å²) in [6.07, 6.45) is 1.88. The fourth-order valence-electron chi connectivity index (χ4n) is 6.66. The Morgan fingerprint density at radius 2 is 1.82 bits per heavy atom. The third kappa shape index (κ3) is 5.11. The van der Waals surface area contributed by atoms with Crippen molar-refractivity contribution < 1.29 is 23.9 Å². The van der Waals surface area contributed by atoms with Crippen molar-refractivity contribution in [3.8, 4) is 5.75 Å². The van der Waals surface area contributed by atoms with Gasteiger partial charge in [-0.15, -0.1) is 0 Å². The number of piperidine rings is 1. The molecular weight excluding hydrogens is 516 g/mol. The molecule has 1 aliphatic carbocycles. The number of carbonyl (C=O) groups excluding carboxylic acids is 1. The van der Waals surface area contributed by atoms with Crippen molar-refractivity contribution in [3.63, 3.8) is 0 Å². The van der Waals surface area contributed by atoms with Gasteiger partial charge in [0.2, 0.25) is 0 Å². The minimum absolute atomic E-state index is 0.0117. The van der Waals surface area contributed by atoms with Gasteiger partial charge in [-0.2, -0.15) is 0 Å². The maximum Gasteiger partial charge on any atom is 0.511 e. The van der Waals surface area contributed by atoms with Crippen LogP contribution in [0.5, 0.6) is 5.75 Å². The van der Waals surface area contributed by atoms with E-state index in [-0.39, 0.29) is 28.2 Å². The second kappa shape index (κ2) is 10.9. The SMILES string of the molecule is CC[N+](C(=O)c1ccccc1Cl)(C1CCN(c2cc(C)nc(C)n2)CC1)[C@@H]1CCc2ccc(OC(=O)O)cc21. The van der Waals surface area contributed by atoms with Crippen molar-refractivity contribution in [1.82, 2.24) is 9.97 Å². The lowest BCUT2D eigenvalue weighted by atomic mass is 9.92. The maximum atomic E-state index is 14.6. The number of amides is 1. The molecule has 0 radical (unpaired) electrons. The monoisotopic (exact) mass is 549 g/mol. The summed E-state index contributed by atoms with van der Waals surface area (Å²) in [6, 6.07) is 14.6. The summed E-state index contributed by atoms with van der Waals surface area (Å²) in [5, 5.41) is 9.65. The molecule has 1 saturated heterocycles. The topological polar surface area (TPSA) is 92.6 Å². The summed E-state index contributed by atoms with van der Waals surface area (Å²) in [6.45, 7) is 8.11. The fourth-order valence-corrected chi connectivity index (χ4v) is 6.88. The summed E-state index contributed by atoms with van der Waals surface area (Å²) < 4.78 is 5.25. The van der Waals surface area contributed by atoms with E-state index >= 15 is 0 Å². The Kier molecular flexibility index (Phi) is 7.60. The number of carbonyl (C=O) groups is 2. The minimum atomic E-state index is -1.35. The highest BCUT2D eigenvalue weighted by Gasteiger charge is 2.53. The second-order valence-electron chi connectivity index (χ2n) is 10.4. The molecule has 39 heavy (non-hydrogen) atoms. The van der Waals surface area contributed by atoms with Crippen LogP contribution in [0.4, 0.5) is 10.6 Å². The van der Waals surface area contributed by atoms with Gasteiger partial charge in [-0.25, -0.2) is 24.0 Å². The molecule has 8 nitrogen and oxygen atoms in total. The molecule has 2 heterocycles. The minimum Gasteiger partial charge on any atom is -0.449 e. The van der Waals surface area contributed by atoms with Crippen molar-refractivity contribution in [2.45, 2.75) is 58.5 Å². The van der Waals surface area contributed by atoms with Crippen molar-refractivity contribution in [3.05, 3.63) is 81.8 Å². The van der Waals surface area contributed by atoms with Crippen LogP contribution in [0.25, 0.3) is 0 Å². The van der Waals surface area contributed by atoms with Crippen LogP contribution in [0.1, 0.15) is 65.2 Å². The molecule has 1 amide bonds. The molecule has 3 aromatic rings. The van der Waals surface area contributed by atoms with Gasteiger partial charge in [0.25, 0.3) is 0 Å². The highest BCUT2D eigenvalue weighted by molar-refractivity contribution is 6.33. The number of carboxylic acid groups (broad SMARTS) is 1. The van der Waals surface area contributed by atoms with E-state index in [4.69, 9.17) is 16.3 Å². The summed E-state index contributed by atoms with van der Waals surface area (Å²) in [5.74, 6) is 1.96. The van der Waals surface area contributed by atoms with Crippen LogP contribution in [0.15, 0.2) is 48.5 Å². The van der Waals surface area contributed by atoms with Crippen molar-refractivity contribution in [2.75, 3.05) is 24.5 Å². The number of rotatable bonds is 6. The third-order valence-corrected chi connectivity index (χ3v) is 8.65. The molecule has 1 unspecified atom stereocenters. The Balaban J connectivity index is 1.54. The highest BCUT2D eigenvalue weighted by Crippen LogP contribution is 2.47. The summed E-state index contributed by atoms with van der Waals surface area (Å²) in [5.41, 5.74) is 3.58. The van der Waals surface area contributed by atoms with E-state index in [2.05, 4.69) is 21.8 Å². The zero-order valence-electron chi connectivity index (χ0n) is 22.6. The molecular formula is C30H34ClN4O4+. The number of aromatic nitrogens is 2. The maximum absolute atomic E-state index is 14.6. The number of benzene rings is 2. The molecule has 1 fully saturated rings. The second-order valence-corrected chi connectivity index (χ2v) is 10.9. The van der Waals surface area contributed by atoms with Crippen molar-refractivity contribution in [2.24, 2.45) is 0 Å². The van der Waals surface area contributed by atoms with E-state index in [1.807, 2.05) is 50.2 Å². The summed E-state index contributed by atoms with van der Waals surface area (Å²) >= 11 is 6.60. The van der Waals surface area contributed by atoms with E-state index < -0.39 is 6.16 Å². The zero-order chi connectivity index (χ0) is 27.7. The lowest BCUT2D eigenvalue weighted by Crippen LogP contribution is -2.63. The number of ether oxygens (including phenoxy) is 1. The van der Waals surface area contributed by atoms with Gasteiger partial charge >= 0.3 is 12.1 Å². The van der Waals surface area contributed by atoms with Crippen LogP contribution in [0.3, 0.4) is 0 Å². The Morgan fingerprint density at radius 1 is 1.08 bits per heavy atom. The molecule has 1 N–H and O–H groups in total. The number of nitrogens with zero attached hydrogens (tertiary/aromatic N) is 4. The zero-order valence-corrected chi connectivity index (χ0v) is 23.3. The van der Waals surface area contributed by atoms with Crippen molar-refractivity contribution in [1.29, 1.82) is 0 Å². The van der Waals surface area contributed by atoms with Crippen molar-refractivity contribution >= 4 is 29.5 Å². The van der Waals surface area contributed by atoms with Gasteiger partial charge in [-0.1, -0.05) is 29.8 Å². The van der Waals surface area contributed by atoms with Crippen LogP contribution in [0.2, 0.25) is 5.02 Å². The van der Waals surface area contributed by atoms with E-state index in [9.17, 15) is 14.7 Å². The first-order valence-electron chi connectivity index (χ1n) is 13.5. The molecule has 1 aliphatic heterocycles. The van der Waals surface area contributed by atoms with Gasteiger partial charge in [0, 0.05) is 49.7 Å². The average Bonchev–Trinajstić information content (AvgIpc) is 3.33. The first-order chi connectivity index (χ1) is 18.7. The van der Waals surface area contributed by atoms with Gasteiger partial charge in [0.1, 0.15) is 29.5 Å². The van der Waals surface area contributed by atoms with Crippen LogP contribution in [-0.2, 0) is 6.42 Å². The van der Waals surface area contributed by atoms with E-state index in [0.717, 1.165) is 67.2 Å². The molecule has 0 bridgehead atoms. The number of quaternary nitrogens is 1. The highest BCUT2D eigenvalue weighted by atomic mass is 35.5. The van der Waals surface area contributed by atoms with Gasteiger partial charge in [-0.3, -0.25) is 0 Å². The van der Waals surface area contributed by atoms with Gasteiger partial charge in [-0.05, 0) is 57.0 Å². The molecule has 204 valence electrons. The molecule has 2 aliphatic rings. The third-order valence-electron chi connectivity index (χ3n) is 8.32. The molecule has 2 atom stereocenters. The number of aryl methyl sites for hydroxylation is 3. The Bertz CT molecular complexity index is 1390. The Morgan fingerprint density at radius 3 is 2.49 bits per heavy atom. The Labute approximate surface area is 233 Å². The standard InChI is InChI=1S/C30H33ClN4O4/c1-4-35(29(36)24-7-5-6-8-26(24)31,27-12-10-21-9-11-23(18-25(21)27)39-30(37)38)22-13-15-34(16-14-22)28-17-19(2)32-20(3)33-28/h5-9,11,17-18,22,27H,4,10,12-16H2,1-3H3/p+1/t27-,35?/m1/s1. The molecule has 5 rings (SSSR count). The molecule has 0 saturated carbocycles. The number of fused-ring (bicyclic) bond motifs is 1. The molecule has 0 spiro atoms. The predicted octanol–water partition coefficient (Wildman–Crippen LogP) is 6.14. The van der Waals surface area contributed by atoms with E-state index in [1.54, 1.807) is 12.1 Å². The number of hydrogen-bond acceptors (Lipinski definition) is 6. The number of anilines is 1. The van der Waals surface area contributed by atoms with E-state index in [0.29, 0.717) is 17.1 Å². The van der Waals surface area contributed by atoms with E-state index in [1.165, 1.54) is 0 Å². The van der Waals surface area contributed by atoms with Crippen LogP contribution >= 0.6 is 11.6 Å². The van der Waals surface area contributed by atoms with Gasteiger partial charge in [0.05, 0.1) is 17.1 Å². The average molecular weight is 550 g/mol. The Hall–Kier alpha value is -3.49. The van der Waals surface area contributed by atoms with Crippen LogP contribution in [-0.4, -0.2) is 57.3 Å². The smallest absolute Gasteiger partial charge is 0.449 e. The number of hydrogen-bond donors (Lipinski definition) is 1. The molecule has 9 heteroatoms. The number of halogens is 1. The molecule has 2 aromatic carbocycles. The summed E-state index contributed by atoms with van der Waals surface area (Å²) in [4.78, 5) is 37.3. The van der Waals surface area contributed by atoms with Gasteiger partial charge in [0.15, 0.2) is 0 Å². The van der Waals surface area contributed by atoms with Gasteiger partial charge < -0.3 is 14.7 Å². The van der Waals surface area contributed by atoms with Crippen LogP contribution < -0.4 is 9.64 Å². The lowest BCUT2D eigenvalue weighted by molar-refractivity contribution is -0.904. The molecule has 1 aromatic heterocycles.